The Morgan fingerprint density at radius 3 is 2.48 bits per heavy atom. The molecule has 1 aromatic carbocycles. The van der Waals surface area contributed by atoms with Crippen LogP contribution in [0.5, 0.6) is 0 Å². The van der Waals surface area contributed by atoms with E-state index in [1.807, 2.05) is 4.72 Å². The van der Waals surface area contributed by atoms with Crippen molar-refractivity contribution in [3.8, 4) is 6.07 Å². The fourth-order valence-corrected chi connectivity index (χ4v) is 3.02. The third-order valence-corrected chi connectivity index (χ3v) is 4.19. The van der Waals surface area contributed by atoms with Crippen LogP contribution in [0, 0.1) is 18.3 Å². The number of aryl methyl sites for hydroxylation is 1. The van der Waals surface area contributed by atoms with Crippen molar-refractivity contribution in [2.24, 2.45) is 0 Å². The molecule has 1 atom stereocenters. The summed E-state index contributed by atoms with van der Waals surface area (Å²) in [6.45, 7) is 1.47. The Morgan fingerprint density at radius 2 is 2.00 bits per heavy atom. The van der Waals surface area contributed by atoms with E-state index in [-0.39, 0.29) is 10.5 Å². The van der Waals surface area contributed by atoms with Crippen LogP contribution in [0.15, 0.2) is 23.1 Å². The van der Waals surface area contributed by atoms with Gasteiger partial charge in [-0.15, -0.1) is 0 Å². The van der Waals surface area contributed by atoms with E-state index in [2.05, 4.69) is 0 Å². The molecule has 3 N–H and O–H groups in total. The maximum Gasteiger partial charge on any atom is 0.322 e. The van der Waals surface area contributed by atoms with Gasteiger partial charge in [0.15, 0.2) is 0 Å². The number of hydrogen-bond donors (Lipinski definition) is 3. The predicted molar refractivity (Wildman–Crippen MR) is 69.9 cm³/mol. The summed E-state index contributed by atoms with van der Waals surface area (Å²) in [5.41, 5.74) is 0.395. The monoisotopic (exact) mass is 312 g/mol. The van der Waals surface area contributed by atoms with Crippen molar-refractivity contribution < 1.29 is 28.2 Å². The lowest BCUT2D eigenvalue weighted by molar-refractivity contribution is -0.145. The van der Waals surface area contributed by atoms with Gasteiger partial charge in [0.1, 0.15) is 6.04 Å². The van der Waals surface area contributed by atoms with Gasteiger partial charge in [-0.25, -0.2) is 8.42 Å². The van der Waals surface area contributed by atoms with Gasteiger partial charge in [-0.3, -0.25) is 9.59 Å². The third-order valence-electron chi connectivity index (χ3n) is 2.58. The Labute approximate surface area is 120 Å². The fraction of sp³-hybridized carbons (Fsp3) is 0.250. The molecule has 0 bridgehead atoms. The lowest BCUT2D eigenvalue weighted by atomic mass is 10.2. The van der Waals surface area contributed by atoms with Crippen molar-refractivity contribution in [2.75, 3.05) is 0 Å². The van der Waals surface area contributed by atoms with E-state index in [9.17, 15) is 18.0 Å². The van der Waals surface area contributed by atoms with E-state index < -0.39 is 34.4 Å². The molecule has 0 fully saturated rings. The number of carbonyl (C=O) groups is 2. The zero-order chi connectivity index (χ0) is 16.2. The zero-order valence-corrected chi connectivity index (χ0v) is 11.7. The number of benzene rings is 1. The van der Waals surface area contributed by atoms with Crippen LogP contribution >= 0.6 is 0 Å². The minimum atomic E-state index is -4.26. The third kappa shape index (κ3) is 4.27. The van der Waals surface area contributed by atoms with Crippen molar-refractivity contribution in [3.05, 3.63) is 29.3 Å². The average molecular weight is 312 g/mol. The molecule has 0 unspecified atom stereocenters. The minimum Gasteiger partial charge on any atom is -0.481 e. The molecule has 8 nitrogen and oxygen atoms in total. The van der Waals surface area contributed by atoms with Gasteiger partial charge < -0.3 is 10.2 Å². The molecule has 21 heavy (non-hydrogen) atoms. The number of nitriles is 1. The van der Waals surface area contributed by atoms with Gasteiger partial charge in [0.05, 0.1) is 22.9 Å². The van der Waals surface area contributed by atoms with E-state index in [0.717, 1.165) is 6.07 Å². The topological polar surface area (TPSA) is 145 Å². The maximum atomic E-state index is 12.1. The molecule has 0 saturated carbocycles. The molecule has 112 valence electrons. The van der Waals surface area contributed by atoms with Gasteiger partial charge in [-0.05, 0) is 24.6 Å². The molecule has 1 rings (SSSR count). The second-order valence-corrected chi connectivity index (χ2v) is 5.88. The second kappa shape index (κ2) is 6.34. The van der Waals surface area contributed by atoms with E-state index in [4.69, 9.17) is 15.5 Å². The van der Waals surface area contributed by atoms with E-state index in [0.29, 0.717) is 5.56 Å². The summed E-state index contributed by atoms with van der Waals surface area (Å²) in [4.78, 5) is 21.2. The highest BCUT2D eigenvalue weighted by Gasteiger charge is 2.28. The molecule has 0 spiro atoms. The summed E-state index contributed by atoms with van der Waals surface area (Å²) in [5.74, 6) is -3.05. The summed E-state index contributed by atoms with van der Waals surface area (Å²) >= 11 is 0. The van der Waals surface area contributed by atoms with E-state index in [1.54, 1.807) is 6.07 Å². The highest BCUT2D eigenvalue weighted by molar-refractivity contribution is 7.89. The van der Waals surface area contributed by atoms with Gasteiger partial charge in [-0.2, -0.15) is 9.98 Å². The number of hydrogen-bond acceptors (Lipinski definition) is 5. The zero-order valence-electron chi connectivity index (χ0n) is 10.9. The van der Waals surface area contributed by atoms with Gasteiger partial charge >= 0.3 is 11.9 Å². The first-order chi connectivity index (χ1) is 9.67. The van der Waals surface area contributed by atoms with Gasteiger partial charge in [0.2, 0.25) is 10.0 Å². The van der Waals surface area contributed by atoms with Gasteiger partial charge in [0.25, 0.3) is 0 Å². The summed E-state index contributed by atoms with van der Waals surface area (Å²) in [6.07, 6.45) is -0.897. The van der Waals surface area contributed by atoms with Crippen LogP contribution in [0.2, 0.25) is 0 Å². The number of rotatable bonds is 6. The SMILES string of the molecule is Cc1ccc(C#N)cc1S(=O)(=O)N[C@@H](CC(=O)O)C(=O)O. The van der Waals surface area contributed by atoms with Crippen LogP contribution in [0.25, 0.3) is 0 Å². The molecule has 0 aliphatic heterocycles. The average Bonchev–Trinajstić information content (AvgIpc) is 2.37. The molecule has 0 aliphatic rings. The first-order valence-corrected chi connectivity index (χ1v) is 7.13. The Kier molecular flexibility index (Phi) is 5.02. The van der Waals surface area contributed by atoms with Crippen molar-refractivity contribution in [2.45, 2.75) is 24.3 Å². The van der Waals surface area contributed by atoms with Crippen molar-refractivity contribution in [3.63, 3.8) is 0 Å². The Bertz CT molecular complexity index is 720. The number of carboxylic acid groups (broad SMARTS) is 2. The second-order valence-electron chi connectivity index (χ2n) is 4.20. The molecule has 0 radical (unpaired) electrons. The first kappa shape index (κ1) is 16.6. The molecular weight excluding hydrogens is 300 g/mol. The summed E-state index contributed by atoms with van der Waals surface area (Å²) < 4.78 is 26.1. The van der Waals surface area contributed by atoms with Crippen LogP contribution in [0.1, 0.15) is 17.5 Å². The van der Waals surface area contributed by atoms with Gasteiger partial charge in [-0.1, -0.05) is 6.07 Å². The van der Waals surface area contributed by atoms with Crippen molar-refractivity contribution in [1.29, 1.82) is 5.26 Å². The van der Waals surface area contributed by atoms with E-state index >= 15 is 0 Å². The lowest BCUT2D eigenvalue weighted by Crippen LogP contribution is -2.42. The maximum absolute atomic E-state index is 12.1. The number of aliphatic carboxylic acids is 2. The lowest BCUT2D eigenvalue weighted by Gasteiger charge is -2.14. The van der Waals surface area contributed by atoms with Gasteiger partial charge in [0, 0.05) is 0 Å². The predicted octanol–water partition coefficient (Wildman–Crippen LogP) is 0.0729. The Morgan fingerprint density at radius 1 is 1.38 bits per heavy atom. The summed E-state index contributed by atoms with van der Waals surface area (Å²) in [5, 5.41) is 26.2. The number of sulfonamides is 1. The van der Waals surface area contributed by atoms with E-state index in [1.165, 1.54) is 19.1 Å². The Hall–Kier alpha value is -2.44. The molecule has 0 aromatic heterocycles. The Balaban J connectivity index is 3.19. The normalized spacial score (nSPS) is 12.4. The minimum absolute atomic E-state index is 0.0890. The fourth-order valence-electron chi connectivity index (χ4n) is 1.56. The molecule has 0 saturated heterocycles. The molecule has 9 heteroatoms. The van der Waals surface area contributed by atoms with Crippen LogP contribution in [0.3, 0.4) is 0 Å². The number of carboxylic acids is 2. The highest BCUT2D eigenvalue weighted by Crippen LogP contribution is 2.17. The molecule has 0 aliphatic carbocycles. The molecular formula is C12H12N2O6S. The van der Waals surface area contributed by atoms with Crippen LogP contribution in [0.4, 0.5) is 0 Å². The van der Waals surface area contributed by atoms with Crippen molar-refractivity contribution in [1.82, 2.24) is 4.72 Å². The largest absolute Gasteiger partial charge is 0.481 e. The highest BCUT2D eigenvalue weighted by atomic mass is 32.2. The number of nitrogens with one attached hydrogen (secondary N) is 1. The standard InChI is InChI=1S/C12H12N2O6S/c1-7-2-3-8(6-13)4-10(7)21(19,20)14-9(12(17)18)5-11(15)16/h2-4,9,14H,5H2,1H3,(H,15,16)(H,17,18)/t9-/m0/s1. The van der Waals surface area contributed by atoms with Crippen LogP contribution in [-0.2, 0) is 19.6 Å². The van der Waals surface area contributed by atoms with Crippen LogP contribution in [-0.4, -0.2) is 36.6 Å². The number of nitrogens with zero attached hydrogens (tertiary/aromatic N) is 1. The molecule has 0 heterocycles. The summed E-state index contributed by atoms with van der Waals surface area (Å²) in [7, 11) is -4.26. The summed E-state index contributed by atoms with van der Waals surface area (Å²) in [6, 6.07) is 3.89. The molecule has 0 amide bonds. The molecule has 1 aromatic rings. The van der Waals surface area contributed by atoms with Crippen molar-refractivity contribution >= 4 is 22.0 Å². The quantitative estimate of drug-likeness (QED) is 0.674. The van der Waals surface area contributed by atoms with Crippen LogP contribution < -0.4 is 4.72 Å². The smallest absolute Gasteiger partial charge is 0.322 e. The first-order valence-electron chi connectivity index (χ1n) is 5.65.